The van der Waals surface area contributed by atoms with Crippen molar-refractivity contribution in [3.05, 3.63) is 54.1 Å². The number of amides is 1. The Balaban J connectivity index is 1.42. The van der Waals surface area contributed by atoms with Crippen LogP contribution >= 0.6 is 0 Å². The molecule has 6 rings (SSSR count). The van der Waals surface area contributed by atoms with Crippen LogP contribution in [0.5, 0.6) is 0 Å². The summed E-state index contributed by atoms with van der Waals surface area (Å²) in [6.07, 6.45) is -2.42. The summed E-state index contributed by atoms with van der Waals surface area (Å²) >= 11 is 0. The summed E-state index contributed by atoms with van der Waals surface area (Å²) in [6, 6.07) is 13.3. The molecule has 0 radical (unpaired) electrons. The summed E-state index contributed by atoms with van der Waals surface area (Å²) in [5, 5.41) is 16.7. The molecule has 0 saturated carbocycles. The number of ketones is 1. The molecule has 1 amide bonds. The number of benzene rings is 2. The lowest BCUT2D eigenvalue weighted by molar-refractivity contribution is -0.302. The average Bonchev–Trinajstić information content (AvgIpc) is 3.52. The lowest BCUT2D eigenvalue weighted by Gasteiger charge is -2.48. The highest BCUT2D eigenvalue weighted by Crippen LogP contribution is 2.46. The van der Waals surface area contributed by atoms with Gasteiger partial charge in [-0.2, -0.15) is 0 Å². The number of rotatable bonds is 6. The molecule has 14 atom stereocenters. The van der Waals surface area contributed by atoms with Crippen LogP contribution in [0.1, 0.15) is 81.1 Å². The summed E-state index contributed by atoms with van der Waals surface area (Å²) in [5.74, 6) is -4.80. The summed E-state index contributed by atoms with van der Waals surface area (Å²) in [4.78, 5) is 57.5. The molecule has 2 aromatic rings. The van der Waals surface area contributed by atoms with Crippen LogP contribution in [0.4, 0.5) is 5.69 Å². The molecule has 4 saturated heterocycles. The van der Waals surface area contributed by atoms with E-state index in [4.69, 9.17) is 28.4 Å². The van der Waals surface area contributed by atoms with E-state index in [-0.39, 0.29) is 49.9 Å². The Morgan fingerprint density at radius 3 is 2.41 bits per heavy atom. The first kappa shape index (κ1) is 44.8. The van der Waals surface area contributed by atoms with Crippen LogP contribution in [0.2, 0.25) is 0 Å². The van der Waals surface area contributed by atoms with Gasteiger partial charge in [-0.25, -0.2) is 0 Å². The van der Waals surface area contributed by atoms with Gasteiger partial charge < -0.3 is 43.7 Å². The van der Waals surface area contributed by atoms with Crippen LogP contribution < -0.4 is 5.32 Å². The van der Waals surface area contributed by atoms with Crippen LogP contribution in [0, 0.1) is 29.6 Å². The molecule has 13 heteroatoms. The van der Waals surface area contributed by atoms with Gasteiger partial charge in [-0.1, -0.05) is 58.0 Å². The number of cyclic esters (lactones) is 1. The van der Waals surface area contributed by atoms with Gasteiger partial charge in [0.1, 0.15) is 23.6 Å². The van der Waals surface area contributed by atoms with Gasteiger partial charge in [0.15, 0.2) is 6.29 Å². The number of nitrogens with zero attached hydrogens (tertiary/aromatic N) is 1. The predicted octanol–water partition coefficient (Wildman–Crippen LogP) is 5.85. The highest BCUT2D eigenvalue weighted by atomic mass is 16.7. The molecular formula is C46H64N2O11. The normalized spacial score (nSPS) is 39.5. The quantitative estimate of drug-likeness (QED) is 0.265. The molecule has 4 heterocycles. The molecule has 0 unspecified atom stereocenters. The number of likely N-dealkylation sites (N-methyl/N-ethyl adjacent to an activating group) is 1. The summed E-state index contributed by atoms with van der Waals surface area (Å²) in [7, 11) is 3.80. The van der Waals surface area contributed by atoms with E-state index in [0.29, 0.717) is 24.1 Å². The van der Waals surface area contributed by atoms with Crippen molar-refractivity contribution in [1.82, 2.24) is 4.90 Å². The number of aliphatic hydroxyl groups is 1. The summed E-state index contributed by atoms with van der Waals surface area (Å²) in [6.45, 7) is 14.6. The number of hydrogen-bond acceptors (Lipinski definition) is 12. The molecule has 2 bridgehead atoms. The molecule has 4 fully saturated rings. The van der Waals surface area contributed by atoms with Crippen molar-refractivity contribution >= 4 is 40.1 Å². The number of anilines is 1. The molecule has 59 heavy (non-hydrogen) atoms. The number of esters is 2. The highest BCUT2D eigenvalue weighted by molar-refractivity contribution is 6.01. The predicted molar refractivity (Wildman–Crippen MR) is 221 cm³/mol. The van der Waals surface area contributed by atoms with E-state index < -0.39 is 83.4 Å². The van der Waals surface area contributed by atoms with E-state index in [9.17, 15) is 24.3 Å². The minimum atomic E-state index is -1.27. The lowest BCUT2D eigenvalue weighted by Crippen LogP contribution is -2.60. The highest BCUT2D eigenvalue weighted by Gasteiger charge is 2.57. The number of ether oxygens (including phenoxy) is 6. The minimum Gasteiger partial charge on any atom is -0.458 e. The van der Waals surface area contributed by atoms with Gasteiger partial charge in [0.2, 0.25) is 5.91 Å². The Morgan fingerprint density at radius 2 is 1.71 bits per heavy atom. The molecule has 2 aromatic carbocycles. The molecule has 4 aliphatic rings. The maximum atomic E-state index is 14.6. The van der Waals surface area contributed by atoms with Crippen molar-refractivity contribution in [2.75, 3.05) is 32.6 Å². The van der Waals surface area contributed by atoms with Crippen LogP contribution in [0.3, 0.4) is 0 Å². The van der Waals surface area contributed by atoms with Gasteiger partial charge in [-0.3, -0.25) is 19.2 Å². The van der Waals surface area contributed by atoms with Crippen LogP contribution in [-0.2, 0) is 47.6 Å². The first-order chi connectivity index (χ1) is 27.8. The molecule has 13 nitrogen and oxygen atoms in total. The largest absolute Gasteiger partial charge is 0.458 e. The third-order valence-electron chi connectivity index (χ3n) is 13.4. The molecule has 0 spiro atoms. The second-order valence-corrected chi connectivity index (χ2v) is 18.1. The van der Waals surface area contributed by atoms with Crippen LogP contribution in [-0.4, -0.2) is 115 Å². The van der Waals surface area contributed by atoms with Gasteiger partial charge in [0.25, 0.3) is 0 Å². The monoisotopic (exact) mass is 820 g/mol. The summed E-state index contributed by atoms with van der Waals surface area (Å²) < 4.78 is 39.0. The van der Waals surface area contributed by atoms with E-state index >= 15 is 0 Å². The van der Waals surface area contributed by atoms with E-state index in [1.165, 1.54) is 6.08 Å². The first-order valence-corrected chi connectivity index (χ1v) is 21.2. The maximum Gasteiger partial charge on any atom is 0.311 e. The third-order valence-corrected chi connectivity index (χ3v) is 13.4. The number of carbonyl (C=O) groups excluding carboxylic acids is 4. The van der Waals surface area contributed by atoms with E-state index in [1.807, 2.05) is 103 Å². The fourth-order valence-corrected chi connectivity index (χ4v) is 10.1. The zero-order chi connectivity index (χ0) is 43.0. The number of aliphatic hydroxyl groups excluding tert-OH is 1. The van der Waals surface area contributed by atoms with Gasteiger partial charge in [0, 0.05) is 41.5 Å². The van der Waals surface area contributed by atoms with Crippen molar-refractivity contribution in [3.8, 4) is 0 Å². The van der Waals surface area contributed by atoms with E-state index in [1.54, 1.807) is 13.8 Å². The van der Waals surface area contributed by atoms with Gasteiger partial charge in [0.05, 0.1) is 49.5 Å². The molecule has 2 N–H and O–H groups in total. The molecule has 0 aliphatic carbocycles. The van der Waals surface area contributed by atoms with E-state index in [0.717, 1.165) is 10.8 Å². The number of fused-ring (bicyclic) bond motifs is 5. The number of nitrogens with one attached hydrogen (secondary N) is 1. The molecular weight excluding hydrogens is 757 g/mol. The van der Waals surface area contributed by atoms with Crippen molar-refractivity contribution < 1.29 is 52.7 Å². The maximum absolute atomic E-state index is 14.6. The second-order valence-electron chi connectivity index (χ2n) is 18.1. The van der Waals surface area contributed by atoms with Crippen LogP contribution in [0.15, 0.2) is 54.1 Å². The Labute approximate surface area is 348 Å². The Bertz CT molecular complexity index is 1900. The van der Waals surface area contributed by atoms with Crippen molar-refractivity contribution in [3.63, 3.8) is 0 Å². The Morgan fingerprint density at radius 1 is 1.00 bits per heavy atom. The second kappa shape index (κ2) is 18.1. The van der Waals surface area contributed by atoms with Gasteiger partial charge in [-0.05, 0) is 89.5 Å². The lowest BCUT2D eigenvalue weighted by atomic mass is 9.70. The molecule has 324 valence electrons. The van der Waals surface area contributed by atoms with Crippen molar-refractivity contribution in [2.24, 2.45) is 29.6 Å². The number of hydrogen-bond donors (Lipinski definition) is 2. The van der Waals surface area contributed by atoms with Gasteiger partial charge >= 0.3 is 11.9 Å². The topological polar surface area (TPSA) is 159 Å². The van der Waals surface area contributed by atoms with Gasteiger partial charge in [-0.15, -0.1) is 0 Å². The fourth-order valence-electron chi connectivity index (χ4n) is 10.1. The average molecular weight is 821 g/mol. The zero-order valence-corrected chi connectivity index (χ0v) is 36.3. The number of Topliss-reactive ketones (excluding diaryl/α,β-unsaturated/α-hetero) is 1. The zero-order valence-electron chi connectivity index (χ0n) is 36.3. The Hall–Kier alpha value is -3.72. The third kappa shape index (κ3) is 9.45. The number of carbonyl (C=O) groups is 4. The summed E-state index contributed by atoms with van der Waals surface area (Å²) in [5.41, 5.74) is -1.38. The fraction of sp³-hybridized carbons (Fsp3) is 0.652. The smallest absolute Gasteiger partial charge is 0.311 e. The SMILES string of the molecule is CC[C@H]1OC(=O)[C@H](C)[C@H]2OCC(=CC(=O)Nc3ccc4ccccc4c3)CO[C@](C)(C[C@@H](C)C(=O)[C@H](C)[C@@H]3CC(=O)O[C@]13C)[C@H](O[C@@H]1O[C@H](C)C[C@H](N(C)C)[C@H]1O)[C@H]2C. The van der Waals surface area contributed by atoms with E-state index in [2.05, 4.69) is 5.32 Å². The molecule has 0 aromatic heterocycles. The van der Waals surface area contributed by atoms with Crippen LogP contribution in [0.25, 0.3) is 10.8 Å². The molecule has 4 aliphatic heterocycles. The minimum absolute atomic E-state index is 0.0135. The first-order valence-electron chi connectivity index (χ1n) is 21.2. The van der Waals surface area contributed by atoms with Crippen molar-refractivity contribution in [2.45, 2.75) is 135 Å². The standard InChI is InChI=1S/C46H64N2O11/c1-11-36-46(8)34(21-38(50)59-46)27(4)39(51)25(2)22-45(7)42(58-44-40(52)35(48(9)10)18-26(3)56-44)28(5)41(29(6)43(53)57-36)54-23-30(24-55-45)19-37(49)47-33-17-16-31-14-12-13-15-32(31)20-33/h12-17,19-20,25-29,34-36,40-42,44,52H,11,18,21-24H2,1-10H3,(H,47,49)/t25-,26-,27-,28+,29-,34+,35+,36-,40-,41+,42-,44+,45-,46+/m1/s1. The Kier molecular flexibility index (Phi) is 13.7. The van der Waals surface area contributed by atoms with Crippen molar-refractivity contribution in [1.29, 1.82) is 0 Å².